The maximum atomic E-state index is 13.2. The number of hydrogen-bond donors (Lipinski definition) is 1. The van der Waals surface area contributed by atoms with Crippen molar-refractivity contribution < 1.29 is 4.79 Å². The zero-order valence-corrected chi connectivity index (χ0v) is 14.2. The molecule has 0 saturated carbocycles. The average molecular weight is 312 g/mol. The Kier molecular flexibility index (Phi) is 5.14. The maximum Gasteiger partial charge on any atom is 0.230 e. The number of amides is 1. The fraction of sp³-hybridized carbons (Fsp3) is 0.600. The van der Waals surface area contributed by atoms with Crippen LogP contribution < -0.4 is 0 Å². The van der Waals surface area contributed by atoms with E-state index in [0.717, 1.165) is 57.2 Å². The van der Waals surface area contributed by atoms with E-state index in [2.05, 4.69) is 36.1 Å². The molecule has 124 valence electrons. The maximum absolute atomic E-state index is 13.2. The van der Waals surface area contributed by atoms with Crippen molar-refractivity contribution in [2.24, 2.45) is 0 Å². The average Bonchev–Trinajstić information content (AvgIpc) is 2.99. The minimum atomic E-state index is 0.0483. The highest BCUT2D eigenvalue weighted by molar-refractivity contribution is 5.87. The van der Waals surface area contributed by atoms with Gasteiger partial charge in [-0.15, -0.1) is 0 Å². The zero-order valence-electron chi connectivity index (χ0n) is 14.2. The second-order valence-corrected chi connectivity index (χ2v) is 7.03. The minimum Gasteiger partial charge on any atom is -0.339 e. The molecule has 1 fully saturated rings. The van der Waals surface area contributed by atoms with Gasteiger partial charge in [0.2, 0.25) is 5.91 Å². The topological polar surface area (TPSA) is 44.2 Å². The van der Waals surface area contributed by atoms with Crippen LogP contribution in [0.4, 0.5) is 0 Å². The molecule has 1 heterocycles. The lowest BCUT2D eigenvalue weighted by Gasteiger charge is -2.37. The van der Waals surface area contributed by atoms with Crippen LogP contribution in [0.2, 0.25) is 0 Å². The Morgan fingerprint density at radius 2 is 2.09 bits per heavy atom. The number of carbonyl (C=O) groups is 1. The smallest absolute Gasteiger partial charge is 0.230 e. The first-order chi connectivity index (χ1) is 11.2. The van der Waals surface area contributed by atoms with Crippen molar-refractivity contribution in [3.05, 3.63) is 35.4 Å². The van der Waals surface area contributed by atoms with E-state index in [1.54, 1.807) is 0 Å². The molecule has 3 heteroatoms. The Morgan fingerprint density at radius 1 is 1.26 bits per heavy atom. The van der Waals surface area contributed by atoms with Crippen LogP contribution in [0.5, 0.6) is 0 Å². The first-order valence-corrected chi connectivity index (χ1v) is 9.15. The van der Waals surface area contributed by atoms with Gasteiger partial charge in [-0.05, 0) is 49.7 Å². The number of piperidine rings is 1. The van der Waals surface area contributed by atoms with E-state index >= 15 is 0 Å². The van der Waals surface area contributed by atoms with E-state index in [0.29, 0.717) is 5.91 Å². The molecule has 1 N–H and O–H groups in total. The van der Waals surface area contributed by atoms with E-state index in [9.17, 15) is 4.79 Å². The van der Waals surface area contributed by atoms with E-state index in [-0.39, 0.29) is 12.0 Å². The van der Waals surface area contributed by atoms with Gasteiger partial charge in [-0.2, -0.15) is 0 Å². The summed E-state index contributed by atoms with van der Waals surface area (Å²) in [6.07, 6.45) is 8.00. The normalized spacial score (nSPS) is 23.6. The lowest BCUT2D eigenvalue weighted by atomic mass is 9.92. The number of hydrogen-bond acceptors (Lipinski definition) is 2. The summed E-state index contributed by atoms with van der Waals surface area (Å²) in [5, 5.41) is 8.14. The second-order valence-electron chi connectivity index (χ2n) is 7.03. The van der Waals surface area contributed by atoms with Gasteiger partial charge in [0, 0.05) is 24.7 Å². The van der Waals surface area contributed by atoms with Crippen LogP contribution in [0.3, 0.4) is 0 Å². The highest BCUT2D eigenvalue weighted by atomic mass is 16.2. The summed E-state index contributed by atoms with van der Waals surface area (Å²) in [5.41, 5.74) is 3.40. The number of benzene rings is 1. The highest BCUT2D eigenvalue weighted by Crippen LogP contribution is 2.36. The summed E-state index contributed by atoms with van der Waals surface area (Å²) in [5.74, 6) is 0.358. The Morgan fingerprint density at radius 3 is 2.91 bits per heavy atom. The Labute approximate surface area is 139 Å². The second kappa shape index (κ2) is 7.29. The SMILES string of the molecule is CCCC(=N)CC1CCCCN1C(=O)C1CCc2ccccc21. The summed E-state index contributed by atoms with van der Waals surface area (Å²) in [7, 11) is 0. The third-order valence-corrected chi connectivity index (χ3v) is 5.37. The van der Waals surface area contributed by atoms with Crippen LogP contribution in [-0.2, 0) is 11.2 Å². The Hall–Kier alpha value is -1.64. The molecule has 1 amide bonds. The standard InChI is InChI=1S/C20H28N2O/c1-2-7-16(21)14-17-9-5-6-13-22(17)20(23)19-12-11-15-8-3-4-10-18(15)19/h3-4,8,10,17,19,21H,2,5-7,9,11-14H2,1H3. The number of nitrogens with zero attached hydrogens (tertiary/aromatic N) is 1. The fourth-order valence-corrected chi connectivity index (χ4v) is 4.20. The van der Waals surface area contributed by atoms with E-state index in [1.165, 1.54) is 17.5 Å². The first kappa shape index (κ1) is 16.2. The molecule has 2 atom stereocenters. The largest absolute Gasteiger partial charge is 0.339 e. The predicted octanol–water partition coefficient (Wildman–Crippen LogP) is 4.31. The monoisotopic (exact) mass is 312 g/mol. The molecule has 2 aliphatic rings. The van der Waals surface area contributed by atoms with Gasteiger partial charge in [0.05, 0.1) is 5.92 Å². The zero-order chi connectivity index (χ0) is 16.2. The Balaban J connectivity index is 1.73. The molecule has 1 aromatic rings. The molecule has 1 saturated heterocycles. The van der Waals surface area contributed by atoms with Gasteiger partial charge in [0.25, 0.3) is 0 Å². The van der Waals surface area contributed by atoms with Gasteiger partial charge in [-0.1, -0.05) is 37.6 Å². The molecular weight excluding hydrogens is 284 g/mol. The minimum absolute atomic E-state index is 0.0483. The summed E-state index contributed by atoms with van der Waals surface area (Å²) < 4.78 is 0. The van der Waals surface area contributed by atoms with Gasteiger partial charge in [0.1, 0.15) is 0 Å². The van der Waals surface area contributed by atoms with Crippen molar-refractivity contribution in [2.45, 2.75) is 70.3 Å². The Bertz CT molecular complexity index is 581. The molecule has 1 aliphatic heterocycles. The molecule has 0 aromatic heterocycles. The van der Waals surface area contributed by atoms with Gasteiger partial charge in [-0.3, -0.25) is 4.79 Å². The van der Waals surface area contributed by atoms with Crippen LogP contribution in [0.25, 0.3) is 0 Å². The molecule has 23 heavy (non-hydrogen) atoms. The van der Waals surface area contributed by atoms with E-state index < -0.39 is 0 Å². The van der Waals surface area contributed by atoms with Gasteiger partial charge in [-0.25, -0.2) is 0 Å². The van der Waals surface area contributed by atoms with E-state index in [1.807, 2.05) is 0 Å². The quantitative estimate of drug-likeness (QED) is 0.809. The molecule has 2 unspecified atom stereocenters. The molecule has 0 bridgehead atoms. The summed E-state index contributed by atoms with van der Waals surface area (Å²) in [6.45, 7) is 3.00. The number of aryl methyl sites for hydroxylation is 1. The number of fused-ring (bicyclic) bond motifs is 1. The van der Waals surface area contributed by atoms with E-state index in [4.69, 9.17) is 5.41 Å². The fourth-order valence-electron chi connectivity index (χ4n) is 4.20. The summed E-state index contributed by atoms with van der Waals surface area (Å²) >= 11 is 0. The molecule has 1 aromatic carbocycles. The number of likely N-dealkylation sites (tertiary alicyclic amines) is 1. The van der Waals surface area contributed by atoms with Crippen molar-refractivity contribution in [2.75, 3.05) is 6.54 Å². The summed E-state index contributed by atoms with van der Waals surface area (Å²) in [4.78, 5) is 15.3. The third kappa shape index (κ3) is 3.49. The number of carbonyl (C=O) groups excluding carboxylic acids is 1. The van der Waals surface area contributed by atoms with Crippen molar-refractivity contribution in [3.8, 4) is 0 Å². The van der Waals surface area contributed by atoms with Gasteiger partial charge in [0.15, 0.2) is 0 Å². The van der Waals surface area contributed by atoms with Crippen LogP contribution in [-0.4, -0.2) is 29.1 Å². The summed E-state index contributed by atoms with van der Waals surface area (Å²) in [6, 6.07) is 8.66. The first-order valence-electron chi connectivity index (χ1n) is 9.15. The van der Waals surface area contributed by atoms with Crippen LogP contribution in [0, 0.1) is 5.41 Å². The third-order valence-electron chi connectivity index (χ3n) is 5.37. The van der Waals surface area contributed by atoms with Crippen molar-refractivity contribution in [1.29, 1.82) is 5.41 Å². The molecule has 3 rings (SSSR count). The molecule has 0 radical (unpaired) electrons. The molecule has 1 aliphatic carbocycles. The molecule has 0 spiro atoms. The lowest BCUT2D eigenvalue weighted by Crippen LogP contribution is -2.46. The predicted molar refractivity (Wildman–Crippen MR) is 94.1 cm³/mol. The lowest BCUT2D eigenvalue weighted by molar-refractivity contribution is -0.136. The van der Waals surface area contributed by atoms with Crippen molar-refractivity contribution >= 4 is 11.6 Å². The van der Waals surface area contributed by atoms with Crippen molar-refractivity contribution in [1.82, 2.24) is 4.90 Å². The number of nitrogens with one attached hydrogen (secondary N) is 1. The number of rotatable bonds is 5. The molecule has 3 nitrogen and oxygen atoms in total. The van der Waals surface area contributed by atoms with Crippen LogP contribution in [0.15, 0.2) is 24.3 Å². The van der Waals surface area contributed by atoms with Crippen molar-refractivity contribution in [3.63, 3.8) is 0 Å². The van der Waals surface area contributed by atoms with Gasteiger partial charge >= 0.3 is 0 Å². The van der Waals surface area contributed by atoms with Crippen LogP contribution in [0.1, 0.15) is 68.9 Å². The molecular formula is C20H28N2O. The van der Waals surface area contributed by atoms with Crippen LogP contribution >= 0.6 is 0 Å². The van der Waals surface area contributed by atoms with Gasteiger partial charge < -0.3 is 10.3 Å². The highest BCUT2D eigenvalue weighted by Gasteiger charge is 2.35.